The zero-order valence-corrected chi connectivity index (χ0v) is 13.3. The molecule has 7 heteroatoms. The van der Waals surface area contributed by atoms with Crippen molar-refractivity contribution in [2.24, 2.45) is 0 Å². The molecule has 2 rings (SSSR count). The fraction of sp³-hybridized carbons (Fsp3) is 0.167. The van der Waals surface area contributed by atoms with E-state index in [9.17, 15) is 19.5 Å². The molecule has 0 bridgehead atoms. The second-order valence-electron chi connectivity index (χ2n) is 5.02. The van der Waals surface area contributed by atoms with Gasteiger partial charge in [0.15, 0.2) is 6.04 Å². The molecule has 1 atom stereocenters. The van der Waals surface area contributed by atoms with E-state index in [-0.39, 0.29) is 12.2 Å². The van der Waals surface area contributed by atoms with Gasteiger partial charge in [0.05, 0.1) is 12.2 Å². The van der Waals surface area contributed by atoms with Crippen LogP contribution >= 0.6 is 0 Å². The molecule has 0 aliphatic heterocycles. The van der Waals surface area contributed by atoms with Crippen LogP contribution < -0.4 is 5.32 Å². The van der Waals surface area contributed by atoms with E-state index in [1.54, 1.807) is 42.5 Å². The largest absolute Gasteiger partial charge is 0.445 e. The molecule has 7 nitrogen and oxygen atoms in total. The molecule has 0 aliphatic carbocycles. The molecule has 2 N–H and O–H groups in total. The van der Waals surface area contributed by atoms with Gasteiger partial charge in [-0.2, -0.15) is 0 Å². The number of aliphatic hydroxyl groups is 1. The molecule has 2 aromatic carbocycles. The summed E-state index contributed by atoms with van der Waals surface area (Å²) in [6.07, 6.45) is -0.910. The van der Waals surface area contributed by atoms with Crippen LogP contribution in [0, 0.1) is 0 Å². The number of aliphatic hydroxyl groups excluding tert-OH is 1. The van der Waals surface area contributed by atoms with Gasteiger partial charge in [0.1, 0.15) is 6.61 Å². The Bertz CT molecular complexity index is 717. The number of alkyl carbamates (subject to hydrolysis) is 1. The van der Waals surface area contributed by atoms with E-state index in [1.807, 2.05) is 6.07 Å². The van der Waals surface area contributed by atoms with E-state index in [4.69, 9.17) is 4.74 Å². The molecule has 0 spiro atoms. The minimum Gasteiger partial charge on any atom is -0.445 e. The van der Waals surface area contributed by atoms with Crippen molar-refractivity contribution in [2.45, 2.75) is 12.6 Å². The fourth-order valence-corrected chi connectivity index (χ4v) is 1.88. The fourth-order valence-electron chi connectivity index (χ4n) is 1.88. The number of nitrogens with one attached hydrogen (secondary N) is 1. The number of carbonyl (C=O) groups is 3. The lowest BCUT2D eigenvalue weighted by molar-refractivity contribution is -0.141. The van der Waals surface area contributed by atoms with Crippen LogP contribution in [-0.2, 0) is 20.9 Å². The van der Waals surface area contributed by atoms with Crippen LogP contribution in [0.5, 0.6) is 0 Å². The Balaban J connectivity index is 1.84. The minimum absolute atomic E-state index is 0.00279. The molecule has 0 heterocycles. The Hall–Kier alpha value is -3.19. The van der Waals surface area contributed by atoms with Crippen molar-refractivity contribution in [2.75, 3.05) is 6.61 Å². The maximum Gasteiger partial charge on any atom is 0.408 e. The average molecular weight is 343 g/mol. The highest BCUT2D eigenvalue weighted by molar-refractivity contribution is 5.98. The van der Waals surface area contributed by atoms with Crippen molar-refractivity contribution >= 4 is 18.0 Å². The number of carbonyl (C=O) groups excluding carboxylic acids is 3. The van der Waals surface area contributed by atoms with Crippen molar-refractivity contribution in [3.63, 3.8) is 0 Å². The normalized spacial score (nSPS) is 11.2. The molecule has 0 radical (unpaired) electrons. The third-order valence-electron chi connectivity index (χ3n) is 3.17. The molecule has 0 aromatic heterocycles. The molecule has 25 heavy (non-hydrogen) atoms. The lowest BCUT2D eigenvalue weighted by atomic mass is 10.2. The Kier molecular flexibility index (Phi) is 6.67. The van der Waals surface area contributed by atoms with Crippen LogP contribution in [0.15, 0.2) is 60.7 Å². The van der Waals surface area contributed by atoms with Gasteiger partial charge in [-0.1, -0.05) is 48.5 Å². The van der Waals surface area contributed by atoms with E-state index in [2.05, 4.69) is 10.1 Å². The summed E-state index contributed by atoms with van der Waals surface area (Å²) in [5.74, 6) is -1.95. The number of ether oxygens (including phenoxy) is 2. The van der Waals surface area contributed by atoms with Crippen LogP contribution in [0.2, 0.25) is 0 Å². The zero-order chi connectivity index (χ0) is 18.1. The first kappa shape index (κ1) is 18.2. The second kappa shape index (κ2) is 9.19. The van der Waals surface area contributed by atoms with Crippen molar-refractivity contribution < 1.29 is 29.0 Å². The molecule has 1 amide bonds. The van der Waals surface area contributed by atoms with Crippen molar-refractivity contribution in [1.29, 1.82) is 0 Å². The monoisotopic (exact) mass is 343 g/mol. The molecule has 0 saturated carbocycles. The minimum atomic E-state index is -1.41. The van der Waals surface area contributed by atoms with Gasteiger partial charge in [-0.05, 0) is 17.7 Å². The number of esters is 2. The predicted octanol–water partition coefficient (Wildman–Crippen LogP) is 1.66. The Morgan fingerprint density at radius 3 is 2.16 bits per heavy atom. The first-order valence-corrected chi connectivity index (χ1v) is 7.49. The number of hydrogen-bond donors (Lipinski definition) is 2. The standard InChI is InChI=1S/C18H17NO6/c20-11-15(17(22)25-16(21)14-9-5-2-6-10-14)19-18(23)24-12-13-7-3-1-4-8-13/h1-10,15,20H,11-12H2,(H,19,23)/t15-/m0/s1. The molecule has 0 aliphatic rings. The molecule has 0 saturated heterocycles. The van der Waals surface area contributed by atoms with Crippen LogP contribution in [0.3, 0.4) is 0 Å². The molecular weight excluding hydrogens is 326 g/mol. The Morgan fingerprint density at radius 1 is 0.960 bits per heavy atom. The molecular formula is C18H17NO6. The van der Waals surface area contributed by atoms with Gasteiger partial charge in [-0.25, -0.2) is 14.4 Å². The summed E-state index contributed by atoms with van der Waals surface area (Å²) in [6, 6.07) is 15.4. The lowest BCUT2D eigenvalue weighted by Gasteiger charge is -2.14. The number of benzene rings is 2. The second-order valence-corrected chi connectivity index (χ2v) is 5.02. The smallest absolute Gasteiger partial charge is 0.408 e. The first-order valence-electron chi connectivity index (χ1n) is 7.49. The van der Waals surface area contributed by atoms with E-state index >= 15 is 0 Å². The van der Waals surface area contributed by atoms with Gasteiger partial charge in [0.25, 0.3) is 0 Å². The van der Waals surface area contributed by atoms with Gasteiger partial charge in [0, 0.05) is 0 Å². The summed E-state index contributed by atoms with van der Waals surface area (Å²) in [6.45, 7) is -0.732. The average Bonchev–Trinajstić information content (AvgIpc) is 2.65. The molecule has 2 aromatic rings. The maximum absolute atomic E-state index is 11.9. The van der Waals surface area contributed by atoms with E-state index in [1.165, 1.54) is 12.1 Å². The first-order chi connectivity index (χ1) is 12.1. The Labute approximate surface area is 144 Å². The van der Waals surface area contributed by atoms with Crippen molar-refractivity contribution in [3.8, 4) is 0 Å². The number of amides is 1. The van der Waals surface area contributed by atoms with Crippen LogP contribution in [0.4, 0.5) is 4.79 Å². The van der Waals surface area contributed by atoms with Crippen LogP contribution in [-0.4, -0.2) is 35.8 Å². The predicted molar refractivity (Wildman–Crippen MR) is 87.5 cm³/mol. The lowest BCUT2D eigenvalue weighted by Crippen LogP contribution is -2.45. The molecule has 0 fully saturated rings. The summed E-state index contributed by atoms with van der Waals surface area (Å²) < 4.78 is 9.59. The highest BCUT2D eigenvalue weighted by Crippen LogP contribution is 2.04. The third kappa shape index (κ3) is 5.74. The van der Waals surface area contributed by atoms with E-state index < -0.39 is 30.7 Å². The SMILES string of the molecule is O=C(N[C@@H](CO)C(=O)OC(=O)c1ccccc1)OCc1ccccc1. The summed E-state index contributed by atoms with van der Waals surface area (Å²) in [5.41, 5.74) is 0.944. The van der Waals surface area contributed by atoms with Gasteiger partial charge in [0.2, 0.25) is 0 Å². The topological polar surface area (TPSA) is 102 Å². The quantitative estimate of drug-likeness (QED) is 0.611. The van der Waals surface area contributed by atoms with Crippen molar-refractivity contribution in [1.82, 2.24) is 5.32 Å². The Morgan fingerprint density at radius 2 is 1.56 bits per heavy atom. The highest BCUT2D eigenvalue weighted by atomic mass is 16.6. The van der Waals surface area contributed by atoms with Gasteiger partial charge < -0.3 is 19.9 Å². The summed E-state index contributed by atoms with van der Waals surface area (Å²) in [5, 5.41) is 11.4. The van der Waals surface area contributed by atoms with E-state index in [0.717, 1.165) is 5.56 Å². The van der Waals surface area contributed by atoms with Crippen molar-refractivity contribution in [3.05, 3.63) is 71.8 Å². The van der Waals surface area contributed by atoms with Gasteiger partial charge in [-0.15, -0.1) is 0 Å². The van der Waals surface area contributed by atoms with E-state index in [0.29, 0.717) is 0 Å². The molecule has 0 unspecified atom stereocenters. The highest BCUT2D eigenvalue weighted by Gasteiger charge is 2.25. The summed E-state index contributed by atoms with van der Waals surface area (Å²) >= 11 is 0. The van der Waals surface area contributed by atoms with Crippen LogP contribution in [0.25, 0.3) is 0 Å². The summed E-state index contributed by atoms with van der Waals surface area (Å²) in [7, 11) is 0. The molecule has 130 valence electrons. The van der Waals surface area contributed by atoms with Crippen LogP contribution in [0.1, 0.15) is 15.9 Å². The van der Waals surface area contributed by atoms with Gasteiger partial charge in [-0.3, -0.25) is 0 Å². The zero-order valence-electron chi connectivity index (χ0n) is 13.3. The maximum atomic E-state index is 11.9. The van der Waals surface area contributed by atoms with Gasteiger partial charge >= 0.3 is 18.0 Å². The third-order valence-corrected chi connectivity index (χ3v) is 3.17. The summed E-state index contributed by atoms with van der Waals surface area (Å²) in [4.78, 5) is 35.4. The number of hydrogen-bond acceptors (Lipinski definition) is 6. The number of rotatable bonds is 6.